The molecule has 21 heavy (non-hydrogen) atoms. The van der Waals surface area contributed by atoms with Gasteiger partial charge < -0.3 is 4.98 Å². The molecule has 0 spiro atoms. The van der Waals surface area contributed by atoms with E-state index in [4.69, 9.17) is 12.2 Å². The molecule has 0 radical (unpaired) electrons. The summed E-state index contributed by atoms with van der Waals surface area (Å²) in [5.74, 6) is 0. The van der Waals surface area contributed by atoms with Crippen LogP contribution in [0.5, 0.6) is 0 Å². The zero-order chi connectivity index (χ0) is 15.2. The van der Waals surface area contributed by atoms with Crippen LogP contribution in [0.25, 0.3) is 16.7 Å². The minimum Gasteiger partial charge on any atom is -0.330 e. The van der Waals surface area contributed by atoms with Crippen molar-refractivity contribution in [3.05, 3.63) is 57.3 Å². The van der Waals surface area contributed by atoms with Crippen molar-refractivity contribution >= 4 is 39.2 Å². The zero-order valence-electron chi connectivity index (χ0n) is 10.4. The predicted molar refractivity (Wildman–Crippen MR) is 81.2 cm³/mol. The number of aromatic amines is 1. The van der Waals surface area contributed by atoms with Crippen LogP contribution in [0, 0.1) is 4.77 Å². The molecule has 7 heteroatoms. The average Bonchev–Trinajstić information content (AvgIpc) is 2.73. The van der Waals surface area contributed by atoms with E-state index in [1.807, 2.05) is 12.1 Å². The third-order valence-electron chi connectivity index (χ3n) is 3.08. The first-order chi connectivity index (χ1) is 9.86. The van der Waals surface area contributed by atoms with Crippen LogP contribution in [0.15, 0.2) is 46.9 Å². The number of hydrogen-bond acceptors (Lipinski definition) is 1. The number of fused-ring (bicyclic) bond motifs is 1. The summed E-state index contributed by atoms with van der Waals surface area (Å²) in [7, 11) is 0. The normalized spacial score (nSPS) is 12.0. The Labute approximate surface area is 131 Å². The fourth-order valence-electron chi connectivity index (χ4n) is 2.16. The number of halogens is 4. The summed E-state index contributed by atoms with van der Waals surface area (Å²) < 4.78 is 41.3. The van der Waals surface area contributed by atoms with E-state index in [0.29, 0.717) is 10.5 Å². The van der Waals surface area contributed by atoms with E-state index in [1.54, 1.807) is 16.7 Å². The summed E-state index contributed by atoms with van der Waals surface area (Å²) in [5.41, 5.74) is 1.16. The maximum Gasteiger partial charge on any atom is 0.416 e. The van der Waals surface area contributed by atoms with E-state index < -0.39 is 11.7 Å². The van der Waals surface area contributed by atoms with Gasteiger partial charge in [0.1, 0.15) is 0 Å². The number of nitrogens with one attached hydrogen (secondary N) is 1. The van der Waals surface area contributed by atoms with Crippen LogP contribution in [0.2, 0.25) is 0 Å². The lowest BCUT2D eigenvalue weighted by atomic mass is 10.2. The van der Waals surface area contributed by atoms with Crippen molar-refractivity contribution in [3.8, 4) is 5.69 Å². The van der Waals surface area contributed by atoms with Crippen LogP contribution < -0.4 is 0 Å². The van der Waals surface area contributed by atoms with Crippen molar-refractivity contribution in [2.45, 2.75) is 6.18 Å². The topological polar surface area (TPSA) is 20.7 Å². The largest absolute Gasteiger partial charge is 0.416 e. The third kappa shape index (κ3) is 2.63. The number of nitrogens with zero attached hydrogens (tertiary/aromatic N) is 1. The van der Waals surface area contributed by atoms with Gasteiger partial charge in [-0.25, -0.2) is 0 Å². The Bertz CT molecular complexity index is 880. The Balaban J connectivity index is 2.26. The molecular formula is C14H8BrF3N2S. The molecule has 1 N–H and O–H groups in total. The SMILES string of the molecule is FC(F)(F)c1cccc(-n2c(=S)[nH]c3cc(Br)ccc32)c1. The van der Waals surface area contributed by atoms with Gasteiger partial charge in [-0.15, -0.1) is 0 Å². The molecule has 0 fully saturated rings. The van der Waals surface area contributed by atoms with Crippen LogP contribution in [0.1, 0.15) is 5.56 Å². The number of alkyl halides is 3. The van der Waals surface area contributed by atoms with Gasteiger partial charge >= 0.3 is 6.18 Å². The minimum atomic E-state index is -4.38. The highest BCUT2D eigenvalue weighted by molar-refractivity contribution is 9.10. The van der Waals surface area contributed by atoms with Gasteiger partial charge in [-0.2, -0.15) is 13.2 Å². The molecule has 3 rings (SSSR count). The number of benzene rings is 2. The molecule has 108 valence electrons. The number of aromatic nitrogens is 2. The molecule has 0 saturated carbocycles. The van der Waals surface area contributed by atoms with Crippen molar-refractivity contribution < 1.29 is 13.2 Å². The highest BCUT2D eigenvalue weighted by Gasteiger charge is 2.30. The van der Waals surface area contributed by atoms with Crippen LogP contribution in [-0.4, -0.2) is 9.55 Å². The molecule has 3 aromatic rings. The van der Waals surface area contributed by atoms with Crippen molar-refractivity contribution in [1.82, 2.24) is 9.55 Å². The van der Waals surface area contributed by atoms with Gasteiger partial charge in [0.15, 0.2) is 4.77 Å². The molecule has 2 nitrogen and oxygen atoms in total. The Hall–Kier alpha value is -1.60. The molecule has 0 unspecified atom stereocenters. The maximum absolute atomic E-state index is 12.8. The number of hydrogen-bond donors (Lipinski definition) is 1. The number of rotatable bonds is 1. The molecule has 1 heterocycles. The summed E-state index contributed by atoms with van der Waals surface area (Å²) in [6.45, 7) is 0. The zero-order valence-corrected chi connectivity index (χ0v) is 12.8. The van der Waals surface area contributed by atoms with Gasteiger partial charge in [0, 0.05) is 10.2 Å². The summed E-state index contributed by atoms with van der Waals surface area (Å²) in [5, 5.41) is 0. The first-order valence-electron chi connectivity index (χ1n) is 5.94. The van der Waals surface area contributed by atoms with Gasteiger partial charge in [-0.05, 0) is 48.6 Å². The molecule has 2 aromatic carbocycles. The Morgan fingerprint density at radius 2 is 1.86 bits per heavy atom. The smallest absolute Gasteiger partial charge is 0.330 e. The summed E-state index contributed by atoms with van der Waals surface area (Å²) in [6.07, 6.45) is -4.38. The fourth-order valence-corrected chi connectivity index (χ4v) is 2.84. The highest BCUT2D eigenvalue weighted by Crippen LogP contribution is 2.31. The summed E-state index contributed by atoms with van der Waals surface area (Å²) in [6, 6.07) is 10.5. The van der Waals surface area contributed by atoms with Gasteiger partial charge in [0.05, 0.1) is 16.6 Å². The number of H-pyrrole nitrogens is 1. The first kappa shape index (κ1) is 14.3. The third-order valence-corrected chi connectivity index (χ3v) is 3.85. The standard InChI is InChI=1S/C14H8BrF3N2S/c15-9-4-5-12-11(7-9)19-13(21)20(12)10-3-1-2-8(6-10)14(16,17)18/h1-7H,(H,19,21). The Morgan fingerprint density at radius 1 is 1.10 bits per heavy atom. The van der Waals surface area contributed by atoms with Crippen molar-refractivity contribution in [2.24, 2.45) is 0 Å². The first-order valence-corrected chi connectivity index (χ1v) is 7.14. The van der Waals surface area contributed by atoms with Crippen LogP contribution in [0.4, 0.5) is 13.2 Å². The van der Waals surface area contributed by atoms with E-state index in [0.717, 1.165) is 27.6 Å². The highest BCUT2D eigenvalue weighted by atomic mass is 79.9. The monoisotopic (exact) mass is 372 g/mol. The van der Waals surface area contributed by atoms with E-state index in [1.165, 1.54) is 6.07 Å². The summed E-state index contributed by atoms with van der Waals surface area (Å²) in [4.78, 5) is 2.99. The average molecular weight is 373 g/mol. The van der Waals surface area contributed by atoms with Gasteiger partial charge in [0.2, 0.25) is 0 Å². The molecule has 0 bridgehead atoms. The molecule has 1 aromatic heterocycles. The Kier molecular flexibility index (Phi) is 3.41. The van der Waals surface area contributed by atoms with Crippen molar-refractivity contribution in [2.75, 3.05) is 0 Å². The summed E-state index contributed by atoms with van der Waals surface area (Å²) >= 11 is 8.57. The lowest BCUT2D eigenvalue weighted by molar-refractivity contribution is -0.137. The predicted octanol–water partition coefficient (Wildman–Crippen LogP) is 5.47. The fraction of sp³-hybridized carbons (Fsp3) is 0.0714. The molecule has 0 saturated heterocycles. The van der Waals surface area contributed by atoms with Crippen LogP contribution >= 0.6 is 28.1 Å². The van der Waals surface area contributed by atoms with Gasteiger partial charge in [-0.1, -0.05) is 22.0 Å². The second-order valence-corrected chi connectivity index (χ2v) is 5.78. The maximum atomic E-state index is 12.8. The second kappa shape index (κ2) is 4.99. The molecule has 0 aliphatic rings. The lowest BCUT2D eigenvalue weighted by Crippen LogP contribution is -2.06. The lowest BCUT2D eigenvalue weighted by Gasteiger charge is -2.10. The quantitative estimate of drug-likeness (QED) is 0.561. The molecule has 0 aliphatic carbocycles. The van der Waals surface area contributed by atoms with Crippen molar-refractivity contribution in [1.29, 1.82) is 0 Å². The van der Waals surface area contributed by atoms with E-state index in [2.05, 4.69) is 20.9 Å². The van der Waals surface area contributed by atoms with Crippen molar-refractivity contribution in [3.63, 3.8) is 0 Å². The van der Waals surface area contributed by atoms with Gasteiger partial charge in [0.25, 0.3) is 0 Å². The number of imidazole rings is 1. The Morgan fingerprint density at radius 3 is 2.57 bits per heavy atom. The van der Waals surface area contributed by atoms with E-state index >= 15 is 0 Å². The molecule has 0 aliphatic heterocycles. The van der Waals surface area contributed by atoms with Gasteiger partial charge in [-0.3, -0.25) is 4.57 Å². The molecule has 0 amide bonds. The minimum absolute atomic E-state index is 0.349. The van der Waals surface area contributed by atoms with E-state index in [-0.39, 0.29) is 0 Å². The van der Waals surface area contributed by atoms with Crippen LogP contribution in [0.3, 0.4) is 0 Å². The van der Waals surface area contributed by atoms with E-state index in [9.17, 15) is 13.2 Å². The molecule has 0 atom stereocenters. The van der Waals surface area contributed by atoms with Crippen LogP contribution in [-0.2, 0) is 6.18 Å². The second-order valence-electron chi connectivity index (χ2n) is 4.48. The molecular weight excluding hydrogens is 365 g/mol.